The predicted molar refractivity (Wildman–Crippen MR) is 92.3 cm³/mol. The van der Waals surface area contributed by atoms with Gasteiger partial charge in [-0.25, -0.2) is 0 Å². The van der Waals surface area contributed by atoms with Gasteiger partial charge in [-0.05, 0) is 31.4 Å². The zero-order valence-electron chi connectivity index (χ0n) is 14.7. The Kier molecular flexibility index (Phi) is 3.92. The molecule has 6 atom stereocenters. The van der Waals surface area contributed by atoms with E-state index in [1.54, 1.807) is 20.1 Å². The highest BCUT2D eigenvalue weighted by atomic mass is 16.5. The molecule has 3 aliphatic rings. The van der Waals surface area contributed by atoms with Crippen molar-refractivity contribution < 1.29 is 19.1 Å². The third-order valence-electron chi connectivity index (χ3n) is 6.04. The summed E-state index contributed by atoms with van der Waals surface area (Å²) in [6.45, 7) is 3.89. The van der Waals surface area contributed by atoms with Gasteiger partial charge in [0, 0.05) is 11.1 Å². The number of benzene rings is 1. The van der Waals surface area contributed by atoms with Crippen molar-refractivity contribution in [3.63, 3.8) is 0 Å². The molecule has 130 valence electrons. The van der Waals surface area contributed by atoms with Crippen molar-refractivity contribution in [2.75, 3.05) is 7.11 Å². The second-order valence-electron chi connectivity index (χ2n) is 7.16. The van der Waals surface area contributed by atoms with Gasteiger partial charge in [0.2, 0.25) is 0 Å². The van der Waals surface area contributed by atoms with Gasteiger partial charge < -0.3 is 9.47 Å². The molecule has 4 nitrogen and oxygen atoms in total. The summed E-state index contributed by atoms with van der Waals surface area (Å²) in [4.78, 5) is 26.2. The van der Waals surface area contributed by atoms with Gasteiger partial charge in [-0.1, -0.05) is 25.3 Å². The number of carbonyl (C=O) groups excluding carboxylic acids is 2. The highest BCUT2D eigenvalue weighted by Gasteiger charge is 2.65. The van der Waals surface area contributed by atoms with Gasteiger partial charge in [-0.15, -0.1) is 5.92 Å². The lowest BCUT2D eigenvalue weighted by Gasteiger charge is -2.24. The highest BCUT2D eigenvalue weighted by molar-refractivity contribution is 6.17. The summed E-state index contributed by atoms with van der Waals surface area (Å²) >= 11 is 0. The van der Waals surface area contributed by atoms with Crippen molar-refractivity contribution in [2.24, 2.45) is 17.8 Å². The third-order valence-corrected chi connectivity index (χ3v) is 6.04. The Balaban J connectivity index is 1.72. The first-order valence-electron chi connectivity index (χ1n) is 8.94. The van der Waals surface area contributed by atoms with Gasteiger partial charge in [0.25, 0.3) is 0 Å². The molecule has 25 heavy (non-hydrogen) atoms. The van der Waals surface area contributed by atoms with Crippen molar-refractivity contribution in [3.8, 4) is 17.6 Å². The number of Topliss-reactive ketones (excluding diaryl/α,β-unsaturated/α-hetero) is 2. The van der Waals surface area contributed by atoms with Crippen molar-refractivity contribution in [1.29, 1.82) is 0 Å². The van der Waals surface area contributed by atoms with Gasteiger partial charge in [-0.2, -0.15) is 0 Å². The van der Waals surface area contributed by atoms with E-state index in [-0.39, 0.29) is 35.6 Å². The Hall–Kier alpha value is -2.12. The summed E-state index contributed by atoms with van der Waals surface area (Å²) in [5.74, 6) is 5.52. The topological polar surface area (TPSA) is 52.6 Å². The third kappa shape index (κ3) is 2.26. The Morgan fingerprint density at radius 1 is 1.24 bits per heavy atom. The number of hydrogen-bond acceptors (Lipinski definition) is 4. The fraction of sp³-hybridized carbons (Fsp3) is 0.524. The van der Waals surface area contributed by atoms with E-state index in [0.29, 0.717) is 17.2 Å². The minimum absolute atomic E-state index is 0.00433. The van der Waals surface area contributed by atoms with Crippen LogP contribution in [0.5, 0.6) is 5.75 Å². The molecular formula is C21H22O4. The van der Waals surface area contributed by atoms with E-state index in [0.717, 1.165) is 18.4 Å². The van der Waals surface area contributed by atoms with E-state index in [1.165, 1.54) is 0 Å². The molecule has 0 N–H and O–H groups in total. The van der Waals surface area contributed by atoms with E-state index < -0.39 is 5.92 Å². The molecule has 0 radical (unpaired) electrons. The standard InChI is InChI=1S/C21H22O4/c1-4-6-11-7-8-13(14(9-11)24-3)16-19(22)17-15-10-12(5-2)21(25-15)18(17)20(16)23/h7-9,12,15-18,21H,5,10H2,1-3H3/t12-,15-,16?,17-,18+,21+/m0/s1. The fourth-order valence-electron chi connectivity index (χ4n) is 4.95. The second-order valence-corrected chi connectivity index (χ2v) is 7.16. The molecule has 1 aliphatic carbocycles. The molecule has 0 spiro atoms. The maximum Gasteiger partial charge on any atom is 0.154 e. The van der Waals surface area contributed by atoms with E-state index in [9.17, 15) is 9.59 Å². The van der Waals surface area contributed by atoms with Crippen LogP contribution < -0.4 is 4.74 Å². The summed E-state index contributed by atoms with van der Waals surface area (Å²) < 4.78 is 11.5. The van der Waals surface area contributed by atoms with Crippen molar-refractivity contribution >= 4 is 11.6 Å². The monoisotopic (exact) mass is 338 g/mol. The first-order chi connectivity index (χ1) is 12.1. The van der Waals surface area contributed by atoms with Crippen LogP contribution in [0.1, 0.15) is 43.7 Å². The molecule has 4 rings (SSSR count). The quantitative estimate of drug-likeness (QED) is 0.628. The van der Waals surface area contributed by atoms with Crippen LogP contribution in [0.25, 0.3) is 0 Å². The van der Waals surface area contributed by atoms with Gasteiger partial charge in [0.1, 0.15) is 11.7 Å². The SMILES string of the molecule is CC#Cc1ccc(C2C(=O)[C@@H]3[C@@H]4O[C@@H](C[C@@H]4CC)[C@@H]3C2=O)c(OC)c1. The lowest BCUT2D eigenvalue weighted by atomic mass is 9.74. The van der Waals surface area contributed by atoms with Gasteiger partial charge >= 0.3 is 0 Å². The van der Waals surface area contributed by atoms with Gasteiger partial charge in [0.05, 0.1) is 31.2 Å². The van der Waals surface area contributed by atoms with Crippen molar-refractivity contribution in [2.45, 2.75) is 44.8 Å². The molecule has 1 aromatic carbocycles. The summed E-state index contributed by atoms with van der Waals surface area (Å²) in [5, 5.41) is 0. The average Bonchev–Trinajstić information content (AvgIpc) is 3.27. The summed E-state index contributed by atoms with van der Waals surface area (Å²) in [6.07, 6.45) is 1.72. The normalized spacial score (nSPS) is 35.5. The highest BCUT2D eigenvalue weighted by Crippen LogP contribution is 2.55. The van der Waals surface area contributed by atoms with E-state index in [4.69, 9.17) is 9.47 Å². The van der Waals surface area contributed by atoms with Crippen LogP contribution in [0.3, 0.4) is 0 Å². The number of hydrogen-bond donors (Lipinski definition) is 0. The molecule has 2 bridgehead atoms. The molecule has 2 heterocycles. The van der Waals surface area contributed by atoms with Crippen LogP contribution in [0.2, 0.25) is 0 Å². The molecule has 2 aliphatic heterocycles. The molecule has 1 unspecified atom stereocenters. The van der Waals surface area contributed by atoms with Crippen LogP contribution in [0.4, 0.5) is 0 Å². The summed E-state index contributed by atoms with van der Waals surface area (Å²) in [6, 6.07) is 5.48. The molecule has 0 aromatic heterocycles. The number of ether oxygens (including phenoxy) is 2. The van der Waals surface area contributed by atoms with E-state index >= 15 is 0 Å². The summed E-state index contributed by atoms with van der Waals surface area (Å²) in [5.41, 5.74) is 1.48. The predicted octanol–water partition coefficient (Wildman–Crippen LogP) is 2.73. The van der Waals surface area contributed by atoms with Crippen LogP contribution in [-0.2, 0) is 14.3 Å². The summed E-state index contributed by atoms with van der Waals surface area (Å²) in [7, 11) is 1.56. The average molecular weight is 338 g/mol. The minimum atomic E-state index is -0.724. The Labute approximate surface area is 147 Å². The van der Waals surface area contributed by atoms with Crippen LogP contribution >= 0.6 is 0 Å². The maximum atomic E-state index is 13.1. The van der Waals surface area contributed by atoms with Crippen molar-refractivity contribution in [1.82, 2.24) is 0 Å². The Bertz CT molecular complexity index is 800. The van der Waals surface area contributed by atoms with E-state index in [1.807, 2.05) is 12.1 Å². The zero-order valence-corrected chi connectivity index (χ0v) is 14.7. The van der Waals surface area contributed by atoms with E-state index in [2.05, 4.69) is 18.8 Å². The fourth-order valence-corrected chi connectivity index (χ4v) is 4.95. The number of fused-ring (bicyclic) bond motifs is 5. The first kappa shape index (κ1) is 16.4. The van der Waals surface area contributed by atoms with Crippen LogP contribution in [0.15, 0.2) is 18.2 Å². The molecule has 1 saturated carbocycles. The minimum Gasteiger partial charge on any atom is -0.496 e. The first-order valence-corrected chi connectivity index (χ1v) is 8.94. The molecule has 1 aromatic rings. The molecule has 4 heteroatoms. The van der Waals surface area contributed by atoms with Crippen LogP contribution in [0, 0.1) is 29.6 Å². The maximum absolute atomic E-state index is 13.1. The molecule has 3 fully saturated rings. The smallest absolute Gasteiger partial charge is 0.154 e. The van der Waals surface area contributed by atoms with Gasteiger partial charge in [-0.3, -0.25) is 9.59 Å². The number of carbonyl (C=O) groups is 2. The van der Waals surface area contributed by atoms with Crippen molar-refractivity contribution in [3.05, 3.63) is 29.3 Å². The Morgan fingerprint density at radius 2 is 2.00 bits per heavy atom. The number of methoxy groups -OCH3 is 1. The lowest BCUT2D eigenvalue weighted by molar-refractivity contribution is -0.127. The largest absolute Gasteiger partial charge is 0.496 e. The lowest BCUT2D eigenvalue weighted by Crippen LogP contribution is -2.34. The number of rotatable bonds is 3. The number of ketones is 2. The molecular weight excluding hydrogens is 316 g/mol. The Morgan fingerprint density at radius 3 is 2.68 bits per heavy atom. The molecule has 0 amide bonds. The second kappa shape index (κ2) is 6.00. The van der Waals surface area contributed by atoms with Gasteiger partial charge in [0.15, 0.2) is 11.6 Å². The molecule has 2 saturated heterocycles. The van der Waals surface area contributed by atoms with Crippen LogP contribution in [-0.4, -0.2) is 30.9 Å². The zero-order chi connectivity index (χ0) is 17.7.